The van der Waals surface area contributed by atoms with E-state index >= 15 is 8.78 Å². The highest BCUT2D eigenvalue weighted by Gasteiger charge is 2.45. The molecule has 0 unspecified atom stereocenters. The third-order valence-electron chi connectivity index (χ3n) is 14.0. The second-order valence-electron chi connectivity index (χ2n) is 17.9. The van der Waals surface area contributed by atoms with Crippen molar-refractivity contribution in [3.63, 3.8) is 0 Å². The van der Waals surface area contributed by atoms with Crippen molar-refractivity contribution < 1.29 is 36.7 Å². The molecule has 2 saturated heterocycles. The fourth-order valence-corrected chi connectivity index (χ4v) is 9.67. The molecule has 8 atom stereocenters. The van der Waals surface area contributed by atoms with E-state index in [1.54, 1.807) is 40.1 Å². The summed E-state index contributed by atoms with van der Waals surface area (Å²) in [6, 6.07) is 4.37. The van der Waals surface area contributed by atoms with Gasteiger partial charge >= 0.3 is 0 Å². The molecular formula is C45H57F4N9O4. The number of H-pyrrole nitrogens is 1. The van der Waals surface area contributed by atoms with Crippen molar-refractivity contribution >= 4 is 45.6 Å². The molecule has 62 heavy (non-hydrogen) atoms. The number of halogens is 4. The Morgan fingerprint density at radius 3 is 1.85 bits per heavy atom. The van der Waals surface area contributed by atoms with Crippen molar-refractivity contribution in [2.45, 2.75) is 127 Å². The smallest absolute Gasteiger partial charge is 0.245 e. The molecule has 4 heterocycles. The summed E-state index contributed by atoms with van der Waals surface area (Å²) in [5, 5.41) is 12.3. The Morgan fingerprint density at radius 2 is 1.31 bits per heavy atom. The largest absolute Gasteiger partial charge is 0.352 e. The monoisotopic (exact) mass is 863 g/mol. The summed E-state index contributed by atoms with van der Waals surface area (Å²) in [7, 11) is 3.31. The van der Waals surface area contributed by atoms with Crippen molar-refractivity contribution in [2.75, 3.05) is 27.2 Å². The van der Waals surface area contributed by atoms with E-state index in [0.717, 1.165) is 38.5 Å². The second kappa shape index (κ2) is 18.0. The highest BCUT2D eigenvalue weighted by Crippen LogP contribution is 2.39. The van der Waals surface area contributed by atoms with Crippen LogP contribution in [0.1, 0.15) is 70.8 Å². The van der Waals surface area contributed by atoms with Crippen LogP contribution in [0.25, 0.3) is 33.5 Å². The van der Waals surface area contributed by atoms with Crippen LogP contribution >= 0.6 is 0 Å². The first-order chi connectivity index (χ1) is 29.7. The predicted octanol–water partition coefficient (Wildman–Crippen LogP) is 4.67. The first-order valence-corrected chi connectivity index (χ1v) is 22.0. The Morgan fingerprint density at radius 1 is 0.774 bits per heavy atom. The number of nitrogens with zero attached hydrogens (tertiary/aromatic N) is 4. The molecule has 0 radical (unpaired) electrons. The molecular weight excluding hydrogens is 807 g/mol. The van der Waals surface area contributed by atoms with E-state index in [-0.39, 0.29) is 74.4 Å². The molecule has 4 amide bonds. The van der Waals surface area contributed by atoms with E-state index in [4.69, 9.17) is 4.98 Å². The molecule has 2 saturated carbocycles. The summed E-state index contributed by atoms with van der Waals surface area (Å²) < 4.78 is 62.7. The summed E-state index contributed by atoms with van der Waals surface area (Å²) in [5.41, 5.74) is 2.27. The van der Waals surface area contributed by atoms with Crippen LogP contribution in [0.2, 0.25) is 0 Å². The van der Waals surface area contributed by atoms with Crippen molar-refractivity contribution in [1.29, 1.82) is 0 Å². The van der Waals surface area contributed by atoms with Gasteiger partial charge in [-0.05, 0) is 108 Å². The number of carbonyl (C=O) groups excluding carboxylic acids is 4. The van der Waals surface area contributed by atoms with Gasteiger partial charge in [0.05, 0.1) is 47.9 Å². The van der Waals surface area contributed by atoms with E-state index < -0.39 is 60.2 Å². The zero-order valence-electron chi connectivity index (χ0n) is 35.7. The average Bonchev–Trinajstić information content (AvgIpc) is 3.96. The molecule has 2 aromatic carbocycles. The molecule has 4 aromatic rings. The minimum absolute atomic E-state index is 0.0118. The molecule has 4 fully saturated rings. The molecule has 2 aliphatic carbocycles. The van der Waals surface area contributed by atoms with Gasteiger partial charge in [0.25, 0.3) is 0 Å². The van der Waals surface area contributed by atoms with Gasteiger partial charge in [0.2, 0.25) is 23.6 Å². The van der Waals surface area contributed by atoms with Crippen LogP contribution in [-0.4, -0.2) is 124 Å². The summed E-state index contributed by atoms with van der Waals surface area (Å²) in [6.07, 6.45) is 2.39. The number of fused-ring (bicyclic) bond motifs is 2. The third-order valence-corrected chi connectivity index (χ3v) is 14.0. The minimum atomic E-state index is -1.34. The molecule has 4 aliphatic rings. The SMILES string of the molecule is CN[C@@H](C)C(=O)N[C@H](C(=O)N1C[C@@H](F)C[C@H]1Cc1c(-c2nc3cc(F)ccc3n2C[C@@H]2C[C@H](F)CN2C(=O)[C@@H](NC(=O)[C@H](C)NC)C2CCC2)[nH]c2cc(F)ccc12)C1CCC1. The Bertz CT molecular complexity index is 2170. The van der Waals surface area contributed by atoms with Gasteiger partial charge in [0, 0.05) is 42.4 Å². The maximum absolute atomic E-state index is 15.6. The summed E-state index contributed by atoms with van der Waals surface area (Å²) in [5.74, 6) is -2.25. The lowest BCUT2D eigenvalue weighted by molar-refractivity contribution is -0.140. The fourth-order valence-electron chi connectivity index (χ4n) is 9.67. The van der Waals surface area contributed by atoms with Gasteiger partial charge in [-0.3, -0.25) is 19.2 Å². The van der Waals surface area contributed by atoms with Crippen LogP contribution < -0.4 is 21.3 Å². The number of rotatable bonds is 15. The van der Waals surface area contributed by atoms with Crippen LogP contribution in [-0.2, 0) is 32.1 Å². The Labute approximate surface area is 358 Å². The average molecular weight is 864 g/mol. The van der Waals surface area contributed by atoms with Crippen molar-refractivity contribution in [1.82, 2.24) is 45.6 Å². The van der Waals surface area contributed by atoms with E-state index in [1.807, 2.05) is 4.57 Å². The molecule has 5 N–H and O–H groups in total. The number of benzene rings is 2. The van der Waals surface area contributed by atoms with Crippen molar-refractivity contribution in [3.8, 4) is 11.5 Å². The summed E-state index contributed by atoms with van der Waals surface area (Å²) in [6.45, 7) is 3.14. The van der Waals surface area contributed by atoms with Gasteiger partial charge in [-0.25, -0.2) is 22.5 Å². The maximum Gasteiger partial charge on any atom is 0.245 e. The molecule has 17 heteroatoms. The highest BCUT2D eigenvalue weighted by molar-refractivity contribution is 5.93. The van der Waals surface area contributed by atoms with Gasteiger partial charge in [0.1, 0.15) is 36.1 Å². The number of likely N-dealkylation sites (tertiary alicyclic amines) is 2. The number of amides is 4. The number of alkyl halides is 2. The van der Waals surface area contributed by atoms with E-state index in [2.05, 4.69) is 26.3 Å². The van der Waals surface area contributed by atoms with E-state index in [0.29, 0.717) is 39.0 Å². The number of imidazole rings is 1. The van der Waals surface area contributed by atoms with Crippen LogP contribution in [0.5, 0.6) is 0 Å². The Hall–Kier alpha value is -5.03. The zero-order chi connectivity index (χ0) is 44.0. The lowest BCUT2D eigenvalue weighted by atomic mass is 9.79. The van der Waals surface area contributed by atoms with Gasteiger partial charge < -0.3 is 40.6 Å². The van der Waals surface area contributed by atoms with Gasteiger partial charge in [-0.1, -0.05) is 12.8 Å². The third kappa shape index (κ3) is 8.53. The molecule has 2 aliphatic heterocycles. The Kier molecular flexibility index (Phi) is 12.7. The number of hydrogen-bond donors (Lipinski definition) is 5. The number of carbonyl (C=O) groups is 4. The fraction of sp³-hybridized carbons (Fsp3) is 0.578. The van der Waals surface area contributed by atoms with E-state index in [9.17, 15) is 28.0 Å². The molecule has 2 aromatic heterocycles. The predicted molar refractivity (Wildman–Crippen MR) is 226 cm³/mol. The van der Waals surface area contributed by atoms with Crippen LogP contribution in [0.4, 0.5) is 17.6 Å². The minimum Gasteiger partial charge on any atom is -0.352 e. The molecule has 0 bridgehead atoms. The summed E-state index contributed by atoms with van der Waals surface area (Å²) in [4.78, 5) is 66.3. The standard InChI is InChI=1S/C45H57F4N9O4/c1-23(50-3)42(59)54-38(25-7-5-8-25)44(61)56-20-29(48)15-31(56)19-34-33-13-11-27(46)17-35(33)52-40(34)41-53-36-18-28(47)12-14-37(36)58(41)22-32-16-30(49)21-57(32)45(62)39(26-9-6-10-26)55-43(60)24(2)51-4/h11-14,17-18,23-26,29-32,38-39,50-52H,5-10,15-16,19-22H2,1-4H3,(H,54,59)(H,55,60)/t23-,24-,29-,30-,31-,32-,38-,39-/m0/s1. The number of nitrogens with one attached hydrogen (secondary N) is 5. The van der Waals surface area contributed by atoms with Gasteiger partial charge in [-0.15, -0.1) is 0 Å². The normalized spacial score (nSPS) is 23.9. The highest BCUT2D eigenvalue weighted by atomic mass is 19.1. The second-order valence-corrected chi connectivity index (χ2v) is 17.9. The van der Waals surface area contributed by atoms with Crippen molar-refractivity contribution in [3.05, 3.63) is 53.6 Å². The topological polar surface area (TPSA) is 156 Å². The first kappa shape index (κ1) is 43.6. The number of aromatic nitrogens is 3. The van der Waals surface area contributed by atoms with Gasteiger partial charge in [-0.2, -0.15) is 0 Å². The van der Waals surface area contributed by atoms with Crippen LogP contribution in [0.15, 0.2) is 36.4 Å². The van der Waals surface area contributed by atoms with E-state index in [1.165, 1.54) is 34.1 Å². The summed E-state index contributed by atoms with van der Waals surface area (Å²) >= 11 is 0. The van der Waals surface area contributed by atoms with Gasteiger partial charge in [0.15, 0.2) is 5.82 Å². The molecule has 8 rings (SSSR count). The molecule has 13 nitrogen and oxygen atoms in total. The number of aromatic amines is 1. The quantitative estimate of drug-likeness (QED) is 0.109. The first-order valence-electron chi connectivity index (χ1n) is 22.0. The van der Waals surface area contributed by atoms with Crippen LogP contribution in [0, 0.1) is 23.5 Å². The zero-order valence-corrected chi connectivity index (χ0v) is 35.7. The van der Waals surface area contributed by atoms with Crippen LogP contribution in [0.3, 0.4) is 0 Å². The maximum atomic E-state index is 15.6. The lowest BCUT2D eigenvalue weighted by Gasteiger charge is -2.37. The molecule has 334 valence electrons. The van der Waals surface area contributed by atoms with Crippen molar-refractivity contribution in [2.24, 2.45) is 11.8 Å². The number of hydrogen-bond acceptors (Lipinski definition) is 7. The Balaban J connectivity index is 1.16. The number of likely N-dealkylation sites (N-methyl/N-ethyl adjacent to an activating group) is 2. The lowest BCUT2D eigenvalue weighted by Crippen LogP contribution is -2.57. The molecule has 0 spiro atoms.